The van der Waals surface area contributed by atoms with E-state index in [1.165, 1.54) is 11.8 Å². The first-order valence-corrected chi connectivity index (χ1v) is 11.5. The molecule has 1 heterocycles. The minimum absolute atomic E-state index is 0.0594. The quantitative estimate of drug-likeness (QED) is 0.404. The highest BCUT2D eigenvalue weighted by atomic mass is 32.2. The molecule has 0 aromatic heterocycles. The van der Waals surface area contributed by atoms with E-state index in [-0.39, 0.29) is 18.2 Å². The molecule has 1 aliphatic rings. The second kappa shape index (κ2) is 9.30. The van der Waals surface area contributed by atoms with Crippen molar-refractivity contribution in [2.24, 2.45) is 4.99 Å². The van der Waals surface area contributed by atoms with Crippen LogP contribution in [0.1, 0.15) is 6.42 Å². The number of hydrogen-bond donors (Lipinski definition) is 1. The summed E-state index contributed by atoms with van der Waals surface area (Å²) in [7, 11) is 0. The molecular formula is C27H21N3O2S. The van der Waals surface area contributed by atoms with Crippen LogP contribution in [0.5, 0.6) is 0 Å². The Labute approximate surface area is 196 Å². The first-order valence-electron chi connectivity index (χ1n) is 10.7. The van der Waals surface area contributed by atoms with Gasteiger partial charge >= 0.3 is 0 Å². The first-order chi connectivity index (χ1) is 16.2. The summed E-state index contributed by atoms with van der Waals surface area (Å²) in [4.78, 5) is 32.6. The molecule has 0 bridgehead atoms. The van der Waals surface area contributed by atoms with Crippen LogP contribution >= 0.6 is 11.8 Å². The number of amidine groups is 1. The van der Waals surface area contributed by atoms with Gasteiger partial charge in [0, 0.05) is 17.5 Å². The maximum absolute atomic E-state index is 13.4. The largest absolute Gasteiger partial charge is 0.325 e. The molecule has 5 rings (SSSR count). The minimum Gasteiger partial charge on any atom is -0.325 e. The molecule has 1 N–H and O–H groups in total. The van der Waals surface area contributed by atoms with Crippen LogP contribution in [0, 0.1) is 0 Å². The molecule has 33 heavy (non-hydrogen) atoms. The Hall–Kier alpha value is -3.90. The van der Waals surface area contributed by atoms with Crippen LogP contribution in [0.2, 0.25) is 0 Å². The Morgan fingerprint density at radius 1 is 0.848 bits per heavy atom. The fourth-order valence-electron chi connectivity index (χ4n) is 3.81. The molecule has 0 saturated carbocycles. The van der Waals surface area contributed by atoms with Crippen LogP contribution in [0.3, 0.4) is 0 Å². The molecule has 1 atom stereocenters. The highest BCUT2D eigenvalue weighted by molar-refractivity contribution is 8.16. The number of hydrogen-bond acceptors (Lipinski definition) is 4. The number of amides is 2. The van der Waals surface area contributed by atoms with Crippen LogP contribution in [-0.4, -0.2) is 22.2 Å². The summed E-state index contributed by atoms with van der Waals surface area (Å²) in [6.45, 7) is 0. The van der Waals surface area contributed by atoms with E-state index < -0.39 is 5.25 Å². The summed E-state index contributed by atoms with van der Waals surface area (Å²) in [5.74, 6) is -0.347. The van der Waals surface area contributed by atoms with Gasteiger partial charge in [-0.25, -0.2) is 4.99 Å². The zero-order chi connectivity index (χ0) is 22.6. The maximum atomic E-state index is 13.4. The van der Waals surface area contributed by atoms with E-state index in [2.05, 4.69) is 5.32 Å². The summed E-state index contributed by atoms with van der Waals surface area (Å²) in [6.07, 6.45) is 0.0594. The number of nitrogens with zero attached hydrogens (tertiary/aromatic N) is 2. The number of thioether (sulfide) groups is 1. The number of carbonyl (C=O) groups is 2. The molecule has 4 aromatic rings. The standard InChI is InChI=1S/C27H21N3O2S/c31-25(29-23-17-9-11-19-10-7-8-16-22(19)23)18-24-26(32)30(21-14-5-2-6-15-21)27(33-24)28-20-12-3-1-4-13-20/h1-17,24H,18H2,(H,29,31)/t24-/m0/s1. The number of fused-ring (bicyclic) bond motifs is 1. The van der Waals surface area contributed by atoms with E-state index in [1.54, 1.807) is 4.90 Å². The van der Waals surface area contributed by atoms with Gasteiger partial charge < -0.3 is 5.32 Å². The van der Waals surface area contributed by atoms with Crippen LogP contribution in [0.25, 0.3) is 10.8 Å². The fourth-order valence-corrected chi connectivity index (χ4v) is 4.96. The topological polar surface area (TPSA) is 61.8 Å². The molecule has 5 nitrogen and oxygen atoms in total. The third-order valence-corrected chi connectivity index (χ3v) is 6.50. The lowest BCUT2D eigenvalue weighted by molar-refractivity contribution is -0.121. The van der Waals surface area contributed by atoms with E-state index >= 15 is 0 Å². The lowest BCUT2D eigenvalue weighted by atomic mass is 10.1. The van der Waals surface area contributed by atoms with Crippen LogP contribution in [0.4, 0.5) is 17.1 Å². The summed E-state index contributed by atoms with van der Waals surface area (Å²) < 4.78 is 0. The molecule has 0 spiro atoms. The zero-order valence-electron chi connectivity index (χ0n) is 17.7. The van der Waals surface area contributed by atoms with Gasteiger partial charge in [0.15, 0.2) is 5.17 Å². The van der Waals surface area contributed by atoms with Gasteiger partial charge in [-0.1, -0.05) is 84.6 Å². The van der Waals surface area contributed by atoms with Gasteiger partial charge in [-0.05, 0) is 35.7 Å². The summed E-state index contributed by atoms with van der Waals surface area (Å²) in [5.41, 5.74) is 2.24. The molecule has 162 valence electrons. The van der Waals surface area contributed by atoms with Crippen molar-refractivity contribution < 1.29 is 9.59 Å². The molecule has 1 aliphatic heterocycles. The van der Waals surface area contributed by atoms with Crippen molar-refractivity contribution >= 4 is 56.6 Å². The third kappa shape index (κ3) is 4.52. The average Bonchev–Trinajstić information content (AvgIpc) is 3.14. The molecule has 0 radical (unpaired) electrons. The van der Waals surface area contributed by atoms with Crippen molar-refractivity contribution in [3.05, 3.63) is 103 Å². The Bertz CT molecular complexity index is 1330. The molecule has 2 amide bonds. The van der Waals surface area contributed by atoms with E-state index in [0.29, 0.717) is 5.17 Å². The Balaban J connectivity index is 1.39. The van der Waals surface area contributed by atoms with Crippen molar-refractivity contribution in [1.29, 1.82) is 0 Å². The Morgan fingerprint density at radius 2 is 1.52 bits per heavy atom. The van der Waals surface area contributed by atoms with Crippen LogP contribution < -0.4 is 10.2 Å². The van der Waals surface area contributed by atoms with E-state index in [9.17, 15) is 9.59 Å². The number of nitrogens with one attached hydrogen (secondary N) is 1. The highest BCUT2D eigenvalue weighted by Gasteiger charge is 2.40. The number of para-hydroxylation sites is 2. The lowest BCUT2D eigenvalue weighted by Crippen LogP contribution is -2.33. The monoisotopic (exact) mass is 451 g/mol. The first kappa shape index (κ1) is 21.0. The van der Waals surface area contributed by atoms with Gasteiger partial charge in [0.05, 0.1) is 11.4 Å². The smallest absolute Gasteiger partial charge is 0.247 e. The predicted molar refractivity (Wildman–Crippen MR) is 136 cm³/mol. The van der Waals surface area contributed by atoms with E-state index in [1.807, 2.05) is 103 Å². The molecule has 6 heteroatoms. The average molecular weight is 452 g/mol. The second-order valence-corrected chi connectivity index (χ2v) is 8.79. The van der Waals surface area contributed by atoms with Gasteiger partial charge in [0.2, 0.25) is 11.8 Å². The summed E-state index contributed by atoms with van der Waals surface area (Å²) >= 11 is 1.32. The Morgan fingerprint density at radius 3 is 2.30 bits per heavy atom. The predicted octanol–water partition coefficient (Wildman–Crippen LogP) is 6.00. The summed E-state index contributed by atoms with van der Waals surface area (Å²) in [5, 5.41) is 5.02. The maximum Gasteiger partial charge on any atom is 0.247 e. The van der Waals surface area contributed by atoms with Crippen LogP contribution in [0.15, 0.2) is 108 Å². The molecular weight excluding hydrogens is 430 g/mol. The van der Waals surface area contributed by atoms with Crippen molar-refractivity contribution in [2.75, 3.05) is 10.2 Å². The highest BCUT2D eigenvalue weighted by Crippen LogP contribution is 2.35. The number of benzene rings is 4. The van der Waals surface area contributed by atoms with Gasteiger partial charge in [-0.15, -0.1) is 0 Å². The van der Waals surface area contributed by atoms with Gasteiger partial charge in [-0.2, -0.15) is 0 Å². The van der Waals surface area contributed by atoms with Crippen molar-refractivity contribution in [1.82, 2.24) is 0 Å². The van der Waals surface area contributed by atoms with Crippen molar-refractivity contribution in [3.63, 3.8) is 0 Å². The molecule has 0 aliphatic carbocycles. The number of carbonyl (C=O) groups excluding carboxylic acids is 2. The molecule has 1 fully saturated rings. The zero-order valence-corrected chi connectivity index (χ0v) is 18.5. The van der Waals surface area contributed by atoms with E-state index in [0.717, 1.165) is 27.8 Å². The lowest BCUT2D eigenvalue weighted by Gasteiger charge is -2.16. The van der Waals surface area contributed by atoms with Crippen molar-refractivity contribution in [3.8, 4) is 0 Å². The van der Waals surface area contributed by atoms with Gasteiger partial charge in [-0.3, -0.25) is 14.5 Å². The normalized spacial score (nSPS) is 17.0. The SMILES string of the molecule is O=C(C[C@@H]1SC(=Nc2ccccc2)N(c2ccccc2)C1=O)Nc1cccc2ccccc12. The third-order valence-electron chi connectivity index (χ3n) is 5.36. The molecule has 1 saturated heterocycles. The second-order valence-electron chi connectivity index (χ2n) is 7.62. The molecule has 0 unspecified atom stereocenters. The fraction of sp³-hybridized carbons (Fsp3) is 0.0741. The summed E-state index contributed by atoms with van der Waals surface area (Å²) in [6, 6.07) is 32.6. The van der Waals surface area contributed by atoms with Crippen LogP contribution in [-0.2, 0) is 9.59 Å². The van der Waals surface area contributed by atoms with Crippen molar-refractivity contribution in [2.45, 2.75) is 11.7 Å². The van der Waals surface area contributed by atoms with Gasteiger partial charge in [0.25, 0.3) is 0 Å². The van der Waals surface area contributed by atoms with E-state index in [4.69, 9.17) is 4.99 Å². The number of aliphatic imine (C=N–C) groups is 1. The van der Waals surface area contributed by atoms with Gasteiger partial charge in [0.1, 0.15) is 5.25 Å². The number of rotatable bonds is 5. The number of anilines is 2. The minimum atomic E-state index is -0.553. The molecule has 4 aromatic carbocycles. The Kier molecular flexibility index (Phi) is 5.91.